The molecule has 0 atom stereocenters. The van der Waals surface area contributed by atoms with Crippen molar-refractivity contribution in [2.45, 2.75) is 6.18 Å². The van der Waals surface area contributed by atoms with Gasteiger partial charge in [0.05, 0.1) is 11.1 Å². The average molecular weight is 281 g/mol. The number of amides is 1. The number of halogens is 3. The predicted molar refractivity (Wildman–Crippen MR) is 67.1 cm³/mol. The zero-order valence-electron chi connectivity index (χ0n) is 10.1. The summed E-state index contributed by atoms with van der Waals surface area (Å²) in [6.45, 7) is 0. The molecule has 0 saturated carbocycles. The van der Waals surface area contributed by atoms with Crippen LogP contribution in [0.4, 0.5) is 13.2 Å². The number of nitrogens with two attached hydrogens (primary N) is 1. The third-order valence-electron chi connectivity index (χ3n) is 2.79. The van der Waals surface area contributed by atoms with Gasteiger partial charge in [0.15, 0.2) is 0 Å². The predicted octanol–water partition coefficient (Wildman–Crippen LogP) is 3.18. The quantitative estimate of drug-likeness (QED) is 0.888. The Morgan fingerprint density at radius 3 is 2.20 bits per heavy atom. The minimum Gasteiger partial charge on any atom is -0.507 e. The van der Waals surface area contributed by atoms with Crippen LogP contribution in [0.5, 0.6) is 5.75 Å². The van der Waals surface area contributed by atoms with Crippen molar-refractivity contribution >= 4 is 5.91 Å². The fourth-order valence-electron chi connectivity index (χ4n) is 1.88. The van der Waals surface area contributed by atoms with Gasteiger partial charge in [0.1, 0.15) is 5.75 Å². The van der Waals surface area contributed by atoms with Crippen LogP contribution in [0.2, 0.25) is 0 Å². The summed E-state index contributed by atoms with van der Waals surface area (Å²) in [5, 5.41) is 9.50. The molecule has 0 fully saturated rings. The van der Waals surface area contributed by atoms with Crippen LogP contribution in [0.3, 0.4) is 0 Å². The summed E-state index contributed by atoms with van der Waals surface area (Å²) >= 11 is 0. The van der Waals surface area contributed by atoms with E-state index in [-0.39, 0.29) is 16.7 Å². The van der Waals surface area contributed by atoms with Crippen LogP contribution in [-0.2, 0) is 6.18 Å². The Kier molecular flexibility index (Phi) is 3.40. The van der Waals surface area contributed by atoms with Crippen LogP contribution in [0, 0.1) is 0 Å². The number of benzene rings is 2. The molecule has 0 aromatic heterocycles. The first-order valence-electron chi connectivity index (χ1n) is 5.60. The average Bonchev–Trinajstić information content (AvgIpc) is 2.38. The van der Waals surface area contributed by atoms with E-state index in [1.807, 2.05) is 0 Å². The second-order valence-corrected chi connectivity index (χ2v) is 4.14. The molecular weight excluding hydrogens is 271 g/mol. The number of carbonyl (C=O) groups is 1. The minimum atomic E-state index is -4.65. The molecule has 2 rings (SSSR count). The van der Waals surface area contributed by atoms with Gasteiger partial charge in [-0.3, -0.25) is 4.79 Å². The zero-order valence-corrected chi connectivity index (χ0v) is 10.1. The first kappa shape index (κ1) is 13.9. The molecule has 20 heavy (non-hydrogen) atoms. The lowest BCUT2D eigenvalue weighted by atomic mass is 9.96. The van der Waals surface area contributed by atoms with Gasteiger partial charge in [0.25, 0.3) is 5.91 Å². The van der Waals surface area contributed by atoms with Crippen molar-refractivity contribution in [2.24, 2.45) is 5.73 Å². The van der Waals surface area contributed by atoms with Gasteiger partial charge in [-0.1, -0.05) is 30.3 Å². The lowest BCUT2D eigenvalue weighted by Gasteiger charge is -2.15. The number of phenols is 1. The van der Waals surface area contributed by atoms with Gasteiger partial charge < -0.3 is 10.8 Å². The van der Waals surface area contributed by atoms with Gasteiger partial charge in [-0.05, 0) is 23.3 Å². The maximum atomic E-state index is 13.0. The second kappa shape index (κ2) is 4.88. The molecule has 2 aromatic rings. The van der Waals surface area contributed by atoms with Gasteiger partial charge in [0, 0.05) is 0 Å². The molecule has 2 aromatic carbocycles. The molecule has 0 aliphatic heterocycles. The number of primary amides is 1. The standard InChI is InChI=1S/C14H10F3NO2/c15-14(16,17)11-7-12(19)10(13(18)20)6-9(11)8-4-2-1-3-5-8/h1-7,19H,(H2,18,20). The largest absolute Gasteiger partial charge is 0.507 e. The number of aromatic hydroxyl groups is 1. The third kappa shape index (κ3) is 2.59. The first-order valence-corrected chi connectivity index (χ1v) is 5.60. The third-order valence-corrected chi connectivity index (χ3v) is 2.79. The van der Waals surface area contributed by atoms with Crippen LogP contribution in [0.1, 0.15) is 15.9 Å². The molecule has 0 bridgehead atoms. The van der Waals surface area contributed by atoms with E-state index in [2.05, 4.69) is 0 Å². The summed E-state index contributed by atoms with van der Waals surface area (Å²) in [6.07, 6.45) is -4.65. The molecule has 104 valence electrons. The molecule has 3 N–H and O–H groups in total. The molecule has 0 aliphatic rings. The molecule has 0 heterocycles. The highest BCUT2D eigenvalue weighted by molar-refractivity contribution is 5.97. The summed E-state index contributed by atoms with van der Waals surface area (Å²) in [5.74, 6) is -1.78. The van der Waals surface area contributed by atoms with Gasteiger partial charge in [-0.2, -0.15) is 13.2 Å². The van der Waals surface area contributed by atoms with Crippen molar-refractivity contribution in [1.29, 1.82) is 0 Å². The Hall–Kier alpha value is -2.50. The molecule has 0 unspecified atom stereocenters. The molecule has 0 aliphatic carbocycles. The molecular formula is C14H10F3NO2. The lowest BCUT2D eigenvalue weighted by molar-refractivity contribution is -0.137. The number of alkyl halides is 3. The smallest absolute Gasteiger partial charge is 0.417 e. The highest BCUT2D eigenvalue weighted by Gasteiger charge is 2.35. The highest BCUT2D eigenvalue weighted by atomic mass is 19.4. The summed E-state index contributed by atoms with van der Waals surface area (Å²) in [7, 11) is 0. The second-order valence-electron chi connectivity index (χ2n) is 4.14. The molecule has 1 amide bonds. The zero-order chi connectivity index (χ0) is 14.9. The van der Waals surface area contributed by atoms with E-state index in [4.69, 9.17) is 5.73 Å². The van der Waals surface area contributed by atoms with Crippen molar-refractivity contribution in [3.8, 4) is 16.9 Å². The van der Waals surface area contributed by atoms with E-state index < -0.39 is 23.4 Å². The summed E-state index contributed by atoms with van der Waals surface area (Å²) < 4.78 is 39.1. The van der Waals surface area contributed by atoms with E-state index >= 15 is 0 Å². The molecule has 0 saturated heterocycles. The van der Waals surface area contributed by atoms with Crippen molar-refractivity contribution in [2.75, 3.05) is 0 Å². The highest BCUT2D eigenvalue weighted by Crippen LogP contribution is 2.40. The first-order chi connectivity index (χ1) is 9.30. The Balaban J connectivity index is 2.76. The summed E-state index contributed by atoms with van der Waals surface area (Å²) in [5.41, 5.74) is 3.74. The van der Waals surface area contributed by atoms with Crippen molar-refractivity contribution in [3.63, 3.8) is 0 Å². The summed E-state index contributed by atoms with van der Waals surface area (Å²) in [4.78, 5) is 11.1. The van der Waals surface area contributed by atoms with Crippen LogP contribution in [0.15, 0.2) is 42.5 Å². The number of rotatable bonds is 2. The molecule has 3 nitrogen and oxygen atoms in total. The lowest BCUT2D eigenvalue weighted by Crippen LogP contribution is -2.14. The van der Waals surface area contributed by atoms with Crippen molar-refractivity contribution < 1.29 is 23.1 Å². The van der Waals surface area contributed by atoms with Gasteiger partial charge in [0.2, 0.25) is 0 Å². The van der Waals surface area contributed by atoms with Crippen LogP contribution < -0.4 is 5.73 Å². The van der Waals surface area contributed by atoms with Gasteiger partial charge >= 0.3 is 6.18 Å². The van der Waals surface area contributed by atoms with Crippen molar-refractivity contribution in [3.05, 3.63) is 53.6 Å². The summed E-state index contributed by atoms with van der Waals surface area (Å²) in [6, 6.07) is 9.24. The monoisotopic (exact) mass is 281 g/mol. The minimum absolute atomic E-state index is 0.204. The van der Waals surface area contributed by atoms with Crippen LogP contribution >= 0.6 is 0 Å². The fourth-order valence-corrected chi connectivity index (χ4v) is 1.88. The van der Waals surface area contributed by atoms with E-state index in [1.165, 1.54) is 12.1 Å². The Morgan fingerprint density at radius 2 is 1.70 bits per heavy atom. The Morgan fingerprint density at radius 1 is 1.10 bits per heavy atom. The normalized spacial score (nSPS) is 11.3. The van der Waals surface area contributed by atoms with E-state index in [0.29, 0.717) is 6.07 Å². The molecule has 0 spiro atoms. The molecule has 0 radical (unpaired) electrons. The van der Waals surface area contributed by atoms with Crippen molar-refractivity contribution in [1.82, 2.24) is 0 Å². The van der Waals surface area contributed by atoms with E-state index in [9.17, 15) is 23.1 Å². The fraction of sp³-hybridized carbons (Fsp3) is 0.0714. The van der Waals surface area contributed by atoms with Gasteiger partial charge in [-0.15, -0.1) is 0 Å². The Labute approximate surface area is 112 Å². The number of carbonyl (C=O) groups excluding carboxylic acids is 1. The van der Waals surface area contributed by atoms with Crippen LogP contribution in [-0.4, -0.2) is 11.0 Å². The molecule has 6 heteroatoms. The number of hydrogen-bond acceptors (Lipinski definition) is 2. The Bertz CT molecular complexity index is 651. The SMILES string of the molecule is NC(=O)c1cc(-c2ccccc2)c(C(F)(F)F)cc1O. The van der Waals surface area contributed by atoms with Gasteiger partial charge in [-0.25, -0.2) is 0 Å². The topological polar surface area (TPSA) is 63.3 Å². The number of hydrogen-bond donors (Lipinski definition) is 2. The maximum Gasteiger partial charge on any atom is 0.417 e. The van der Waals surface area contributed by atoms with Crippen LogP contribution in [0.25, 0.3) is 11.1 Å². The van der Waals surface area contributed by atoms with E-state index in [0.717, 1.165) is 6.07 Å². The maximum absolute atomic E-state index is 13.0. The van der Waals surface area contributed by atoms with E-state index in [1.54, 1.807) is 18.2 Å².